The smallest absolute Gasteiger partial charge is 0.260 e. The number of fused-ring (bicyclic) bond motifs is 2. The second-order valence-corrected chi connectivity index (χ2v) is 7.11. The summed E-state index contributed by atoms with van der Waals surface area (Å²) in [5.41, 5.74) is 1.27. The molecule has 0 aliphatic carbocycles. The van der Waals surface area contributed by atoms with Crippen molar-refractivity contribution in [3.63, 3.8) is 0 Å². The van der Waals surface area contributed by atoms with Crippen molar-refractivity contribution >= 4 is 35.0 Å². The summed E-state index contributed by atoms with van der Waals surface area (Å²) in [5, 5.41) is 2.97. The average molecular weight is 397 g/mol. The third-order valence-electron chi connectivity index (χ3n) is 4.28. The predicted octanol–water partition coefficient (Wildman–Crippen LogP) is 4.35. The molecule has 0 spiro atoms. The zero-order chi connectivity index (χ0) is 19.8. The molecule has 1 N–H and O–H groups in total. The molecular formula is C20H13F2N3O2S. The van der Waals surface area contributed by atoms with Gasteiger partial charge in [0.1, 0.15) is 16.7 Å². The largest absolute Gasteiger partial charge is 0.319 e. The number of pyridine rings is 1. The van der Waals surface area contributed by atoms with Crippen LogP contribution in [0.25, 0.3) is 0 Å². The van der Waals surface area contributed by atoms with E-state index in [4.69, 9.17) is 0 Å². The van der Waals surface area contributed by atoms with E-state index >= 15 is 0 Å². The number of amides is 2. The van der Waals surface area contributed by atoms with Crippen LogP contribution in [0.3, 0.4) is 0 Å². The molecule has 8 heteroatoms. The summed E-state index contributed by atoms with van der Waals surface area (Å²) in [6.07, 6.45) is 1.60. The van der Waals surface area contributed by atoms with Gasteiger partial charge in [-0.2, -0.15) is 0 Å². The van der Waals surface area contributed by atoms with Gasteiger partial charge in [-0.3, -0.25) is 9.59 Å². The molecule has 2 heterocycles. The summed E-state index contributed by atoms with van der Waals surface area (Å²) in [5.74, 6) is -2.33. The maximum Gasteiger partial charge on any atom is 0.260 e. The van der Waals surface area contributed by atoms with Crippen LogP contribution in [0, 0.1) is 11.6 Å². The van der Waals surface area contributed by atoms with Gasteiger partial charge in [-0.1, -0.05) is 11.8 Å². The molecule has 2 aromatic carbocycles. The van der Waals surface area contributed by atoms with Crippen LogP contribution < -0.4 is 10.2 Å². The molecule has 0 saturated carbocycles. The molecule has 0 atom stereocenters. The van der Waals surface area contributed by atoms with Crippen molar-refractivity contribution in [3.05, 3.63) is 77.5 Å². The molecule has 1 aromatic heterocycles. The summed E-state index contributed by atoms with van der Waals surface area (Å²) < 4.78 is 26.8. The van der Waals surface area contributed by atoms with E-state index in [-0.39, 0.29) is 17.2 Å². The first-order valence-corrected chi connectivity index (χ1v) is 9.07. The fourth-order valence-corrected chi connectivity index (χ4v) is 3.91. The second-order valence-electron chi connectivity index (χ2n) is 6.08. The number of nitrogens with zero attached hydrogens (tertiary/aromatic N) is 2. The van der Waals surface area contributed by atoms with E-state index in [9.17, 15) is 18.4 Å². The summed E-state index contributed by atoms with van der Waals surface area (Å²) in [7, 11) is 1.65. The van der Waals surface area contributed by atoms with Gasteiger partial charge in [0.05, 0.1) is 16.9 Å². The first-order valence-electron chi connectivity index (χ1n) is 8.25. The molecule has 5 nitrogen and oxygen atoms in total. The third kappa shape index (κ3) is 3.22. The average Bonchev–Trinajstić information content (AvgIpc) is 2.79. The number of halogens is 2. The van der Waals surface area contributed by atoms with Gasteiger partial charge in [-0.15, -0.1) is 0 Å². The number of hydrogen-bond donors (Lipinski definition) is 1. The zero-order valence-electron chi connectivity index (χ0n) is 14.6. The van der Waals surface area contributed by atoms with Crippen molar-refractivity contribution in [1.29, 1.82) is 0 Å². The van der Waals surface area contributed by atoms with Gasteiger partial charge in [0.2, 0.25) is 0 Å². The van der Waals surface area contributed by atoms with Gasteiger partial charge in [0.15, 0.2) is 0 Å². The number of hydrogen-bond acceptors (Lipinski definition) is 4. The molecule has 0 saturated heterocycles. The Bertz CT molecular complexity index is 1120. The highest BCUT2D eigenvalue weighted by atomic mass is 32.2. The minimum atomic E-state index is -0.860. The number of rotatable bonds is 2. The number of benzene rings is 2. The molecule has 4 rings (SSSR count). The highest BCUT2D eigenvalue weighted by Crippen LogP contribution is 2.40. The molecule has 0 unspecified atom stereocenters. The molecule has 1 aliphatic heterocycles. The maximum absolute atomic E-state index is 13.8. The summed E-state index contributed by atoms with van der Waals surface area (Å²) in [6.45, 7) is 0. The lowest BCUT2D eigenvalue weighted by atomic mass is 10.1. The van der Waals surface area contributed by atoms with E-state index in [0.717, 1.165) is 12.1 Å². The van der Waals surface area contributed by atoms with E-state index in [2.05, 4.69) is 10.3 Å². The Kier molecular flexibility index (Phi) is 4.56. The highest BCUT2D eigenvalue weighted by Gasteiger charge is 2.26. The van der Waals surface area contributed by atoms with E-state index in [0.29, 0.717) is 27.2 Å². The van der Waals surface area contributed by atoms with Crippen molar-refractivity contribution < 1.29 is 18.4 Å². The van der Waals surface area contributed by atoms with E-state index in [1.807, 2.05) is 0 Å². The Morgan fingerprint density at radius 2 is 1.96 bits per heavy atom. The lowest BCUT2D eigenvalue weighted by Gasteiger charge is -2.17. The van der Waals surface area contributed by atoms with Gasteiger partial charge in [-0.05, 0) is 42.5 Å². The van der Waals surface area contributed by atoms with E-state index in [1.54, 1.807) is 43.6 Å². The monoisotopic (exact) mass is 397 g/mol. The number of carbonyl (C=O) groups is 2. The van der Waals surface area contributed by atoms with Crippen molar-refractivity contribution in [2.45, 2.75) is 9.92 Å². The molecular weight excluding hydrogens is 384 g/mol. The second kappa shape index (κ2) is 7.05. The standard InChI is InChI=1S/C20H13F2N3O2S/c1-25-16-7-4-11(18(26)24-15-6-5-12(21)10-14(15)22)9-17(16)28-19-13(20(25)27)3-2-8-23-19/h2-10H,1H3,(H,24,26). The van der Waals surface area contributed by atoms with Gasteiger partial charge < -0.3 is 10.2 Å². The number of anilines is 2. The van der Waals surface area contributed by atoms with Crippen LogP contribution >= 0.6 is 11.8 Å². The third-order valence-corrected chi connectivity index (χ3v) is 5.34. The van der Waals surface area contributed by atoms with Crippen LogP contribution in [0.2, 0.25) is 0 Å². The Morgan fingerprint density at radius 1 is 1.14 bits per heavy atom. The number of carbonyl (C=O) groups excluding carboxylic acids is 2. The van der Waals surface area contributed by atoms with Crippen LogP contribution in [-0.2, 0) is 0 Å². The number of nitrogens with one attached hydrogen (secondary N) is 1. The molecule has 0 radical (unpaired) electrons. The predicted molar refractivity (Wildman–Crippen MR) is 102 cm³/mol. The Morgan fingerprint density at radius 3 is 2.75 bits per heavy atom. The first-order chi connectivity index (χ1) is 13.4. The maximum atomic E-state index is 13.8. The van der Waals surface area contributed by atoms with Crippen molar-refractivity contribution in [2.24, 2.45) is 0 Å². The summed E-state index contributed by atoms with van der Waals surface area (Å²) in [4.78, 5) is 31.6. The molecule has 2 amide bonds. The van der Waals surface area contributed by atoms with Crippen LogP contribution in [0.1, 0.15) is 20.7 Å². The van der Waals surface area contributed by atoms with Crippen molar-refractivity contribution in [1.82, 2.24) is 4.98 Å². The minimum Gasteiger partial charge on any atom is -0.319 e. The Labute approximate surface area is 163 Å². The normalized spacial score (nSPS) is 12.8. The minimum absolute atomic E-state index is 0.117. The fraction of sp³-hybridized carbons (Fsp3) is 0.0500. The lowest BCUT2D eigenvalue weighted by Crippen LogP contribution is -2.26. The molecule has 0 bridgehead atoms. The van der Waals surface area contributed by atoms with Crippen molar-refractivity contribution in [3.8, 4) is 0 Å². The van der Waals surface area contributed by atoms with Crippen LogP contribution in [0.5, 0.6) is 0 Å². The van der Waals surface area contributed by atoms with Gasteiger partial charge in [-0.25, -0.2) is 13.8 Å². The van der Waals surface area contributed by atoms with Gasteiger partial charge in [0, 0.05) is 29.8 Å². The quantitative estimate of drug-likeness (QED) is 0.698. The SMILES string of the molecule is CN1C(=O)c2cccnc2Sc2cc(C(=O)Nc3ccc(F)cc3F)ccc21. The fourth-order valence-electron chi connectivity index (χ4n) is 2.83. The zero-order valence-corrected chi connectivity index (χ0v) is 15.4. The molecule has 28 heavy (non-hydrogen) atoms. The first kappa shape index (κ1) is 18.1. The molecule has 3 aromatic rings. The lowest BCUT2D eigenvalue weighted by molar-refractivity contribution is 0.0988. The van der Waals surface area contributed by atoms with Crippen LogP contribution in [0.15, 0.2) is 64.6 Å². The molecule has 140 valence electrons. The topological polar surface area (TPSA) is 62.3 Å². The van der Waals surface area contributed by atoms with E-state index in [1.165, 1.54) is 16.7 Å². The van der Waals surface area contributed by atoms with Crippen LogP contribution in [-0.4, -0.2) is 23.8 Å². The summed E-state index contributed by atoms with van der Waals surface area (Å²) >= 11 is 1.28. The molecule has 0 fully saturated rings. The van der Waals surface area contributed by atoms with Crippen molar-refractivity contribution in [2.75, 3.05) is 17.3 Å². The Hall–Kier alpha value is -3.26. The summed E-state index contributed by atoms with van der Waals surface area (Å²) in [6, 6.07) is 11.1. The van der Waals surface area contributed by atoms with E-state index < -0.39 is 17.5 Å². The number of aromatic nitrogens is 1. The van der Waals surface area contributed by atoms with Gasteiger partial charge >= 0.3 is 0 Å². The molecule has 1 aliphatic rings. The van der Waals surface area contributed by atoms with Gasteiger partial charge in [0.25, 0.3) is 11.8 Å². The van der Waals surface area contributed by atoms with Crippen LogP contribution in [0.4, 0.5) is 20.2 Å². The Balaban J connectivity index is 1.68. The highest BCUT2D eigenvalue weighted by molar-refractivity contribution is 7.99.